The average molecular weight is 418 g/mol. The molecule has 31 heavy (non-hydrogen) atoms. The molecule has 1 amide bonds. The Hall–Kier alpha value is -3.41. The number of amides is 1. The van der Waals surface area contributed by atoms with Crippen molar-refractivity contribution < 1.29 is 14.3 Å². The monoisotopic (exact) mass is 417 g/mol. The Morgan fingerprint density at radius 2 is 1.71 bits per heavy atom. The number of hydrogen-bond donors (Lipinski definition) is 1. The molecule has 0 bridgehead atoms. The molecule has 1 aliphatic carbocycles. The SMILES string of the molecule is CC(=O)Oc1c(-c2ccc(NC(=O)C3CC3)cc2)c(C(C)C)nn1-c1ccc(C)cc1. The lowest BCUT2D eigenvalue weighted by atomic mass is 9.99. The Balaban J connectivity index is 1.78. The second kappa shape index (κ2) is 8.38. The van der Waals surface area contributed by atoms with Gasteiger partial charge in [-0.25, -0.2) is 0 Å². The van der Waals surface area contributed by atoms with E-state index in [1.54, 1.807) is 4.68 Å². The predicted molar refractivity (Wildman–Crippen MR) is 120 cm³/mol. The van der Waals surface area contributed by atoms with Crippen LogP contribution < -0.4 is 10.1 Å². The highest BCUT2D eigenvalue weighted by Gasteiger charge is 2.29. The third kappa shape index (κ3) is 4.53. The van der Waals surface area contributed by atoms with Gasteiger partial charge in [0.05, 0.1) is 16.9 Å². The fourth-order valence-corrected chi connectivity index (χ4v) is 3.50. The zero-order valence-electron chi connectivity index (χ0n) is 18.3. The molecule has 6 heteroatoms. The van der Waals surface area contributed by atoms with E-state index in [1.165, 1.54) is 6.92 Å². The zero-order chi connectivity index (χ0) is 22.1. The minimum atomic E-state index is -0.405. The third-order valence-corrected chi connectivity index (χ3v) is 5.33. The first-order chi connectivity index (χ1) is 14.8. The summed E-state index contributed by atoms with van der Waals surface area (Å²) in [6.45, 7) is 7.54. The Labute approximate surface area is 182 Å². The van der Waals surface area contributed by atoms with Gasteiger partial charge in [0.2, 0.25) is 11.8 Å². The quantitative estimate of drug-likeness (QED) is 0.556. The normalized spacial score (nSPS) is 13.3. The van der Waals surface area contributed by atoms with Crippen molar-refractivity contribution in [1.29, 1.82) is 0 Å². The zero-order valence-corrected chi connectivity index (χ0v) is 18.3. The summed E-state index contributed by atoms with van der Waals surface area (Å²) in [5.74, 6) is 0.331. The summed E-state index contributed by atoms with van der Waals surface area (Å²) in [4.78, 5) is 24.0. The highest BCUT2D eigenvalue weighted by atomic mass is 16.5. The standard InChI is InChI=1S/C25H27N3O3/c1-15(2)23-22(18-9-11-20(12-10-18)26-24(30)19-7-8-19)25(31-17(4)29)28(27-23)21-13-5-16(3)6-14-21/h5-6,9-15,19H,7-8H2,1-4H3,(H,26,30). The van der Waals surface area contributed by atoms with Gasteiger partial charge in [-0.3, -0.25) is 9.59 Å². The fraction of sp³-hybridized carbons (Fsp3) is 0.320. The number of anilines is 1. The van der Waals surface area contributed by atoms with E-state index in [0.29, 0.717) is 5.88 Å². The van der Waals surface area contributed by atoms with E-state index < -0.39 is 5.97 Å². The molecule has 6 nitrogen and oxygen atoms in total. The number of nitrogens with one attached hydrogen (secondary N) is 1. The fourth-order valence-electron chi connectivity index (χ4n) is 3.50. The molecule has 0 spiro atoms. The van der Waals surface area contributed by atoms with Crippen molar-refractivity contribution in [3.05, 3.63) is 59.8 Å². The largest absolute Gasteiger partial charge is 0.407 e. The van der Waals surface area contributed by atoms with Crippen molar-refractivity contribution in [1.82, 2.24) is 9.78 Å². The molecular weight excluding hydrogens is 390 g/mol. The van der Waals surface area contributed by atoms with Gasteiger partial charge < -0.3 is 10.1 Å². The van der Waals surface area contributed by atoms with Crippen LogP contribution >= 0.6 is 0 Å². The number of rotatable bonds is 6. The molecule has 1 N–H and O–H groups in total. The smallest absolute Gasteiger partial charge is 0.309 e. The van der Waals surface area contributed by atoms with Crippen LogP contribution in [-0.4, -0.2) is 21.7 Å². The molecule has 4 rings (SSSR count). The van der Waals surface area contributed by atoms with E-state index in [9.17, 15) is 9.59 Å². The Morgan fingerprint density at radius 3 is 2.26 bits per heavy atom. The van der Waals surface area contributed by atoms with Gasteiger partial charge in [-0.1, -0.05) is 43.7 Å². The number of carbonyl (C=O) groups is 2. The van der Waals surface area contributed by atoms with Gasteiger partial charge in [-0.15, -0.1) is 0 Å². The van der Waals surface area contributed by atoms with Gasteiger partial charge in [0, 0.05) is 18.5 Å². The molecule has 2 aromatic carbocycles. The van der Waals surface area contributed by atoms with Gasteiger partial charge in [0.15, 0.2) is 0 Å². The van der Waals surface area contributed by atoms with Gasteiger partial charge in [-0.2, -0.15) is 9.78 Å². The average Bonchev–Trinajstić information content (AvgIpc) is 3.51. The lowest BCUT2D eigenvalue weighted by molar-refractivity contribution is -0.132. The molecule has 1 heterocycles. The third-order valence-electron chi connectivity index (χ3n) is 5.33. The Kier molecular flexibility index (Phi) is 5.63. The number of ether oxygens (including phenoxy) is 1. The van der Waals surface area contributed by atoms with Crippen molar-refractivity contribution in [2.75, 3.05) is 5.32 Å². The van der Waals surface area contributed by atoms with Crippen molar-refractivity contribution >= 4 is 17.6 Å². The van der Waals surface area contributed by atoms with E-state index in [1.807, 2.05) is 55.5 Å². The van der Waals surface area contributed by atoms with Gasteiger partial charge in [0.25, 0.3) is 0 Å². The second-order valence-corrected chi connectivity index (χ2v) is 8.40. The number of esters is 1. The topological polar surface area (TPSA) is 73.2 Å². The molecule has 1 aliphatic rings. The van der Waals surface area contributed by atoms with Crippen LogP contribution in [0.25, 0.3) is 16.8 Å². The van der Waals surface area contributed by atoms with E-state index in [-0.39, 0.29) is 17.7 Å². The van der Waals surface area contributed by atoms with Crippen LogP contribution in [0.4, 0.5) is 5.69 Å². The van der Waals surface area contributed by atoms with Crippen molar-refractivity contribution in [2.45, 2.75) is 46.5 Å². The predicted octanol–water partition coefficient (Wildman–Crippen LogP) is 5.24. The second-order valence-electron chi connectivity index (χ2n) is 8.40. The first-order valence-electron chi connectivity index (χ1n) is 10.6. The molecule has 3 aromatic rings. The number of carbonyl (C=O) groups excluding carboxylic acids is 2. The molecule has 1 fully saturated rings. The Bertz CT molecular complexity index is 1110. The first-order valence-corrected chi connectivity index (χ1v) is 10.6. The van der Waals surface area contributed by atoms with Gasteiger partial charge in [0.1, 0.15) is 0 Å². The van der Waals surface area contributed by atoms with Crippen LogP contribution in [0.5, 0.6) is 5.88 Å². The molecule has 0 unspecified atom stereocenters. The summed E-state index contributed by atoms with van der Waals surface area (Å²) < 4.78 is 7.36. The van der Waals surface area contributed by atoms with Crippen LogP contribution in [-0.2, 0) is 9.59 Å². The van der Waals surface area contributed by atoms with Crippen LogP contribution in [0.3, 0.4) is 0 Å². The highest BCUT2D eigenvalue weighted by molar-refractivity contribution is 5.94. The summed E-state index contributed by atoms with van der Waals surface area (Å²) in [6, 6.07) is 15.5. The minimum Gasteiger partial charge on any atom is -0.407 e. The summed E-state index contributed by atoms with van der Waals surface area (Å²) in [7, 11) is 0. The van der Waals surface area contributed by atoms with E-state index in [0.717, 1.165) is 46.6 Å². The van der Waals surface area contributed by atoms with Gasteiger partial charge >= 0.3 is 5.97 Å². The molecule has 0 radical (unpaired) electrons. The molecule has 1 saturated carbocycles. The molecular formula is C25H27N3O3. The highest BCUT2D eigenvalue weighted by Crippen LogP contribution is 2.39. The van der Waals surface area contributed by atoms with E-state index in [4.69, 9.17) is 9.84 Å². The number of benzene rings is 2. The van der Waals surface area contributed by atoms with E-state index in [2.05, 4.69) is 19.2 Å². The first kappa shape index (κ1) is 20.8. The lowest BCUT2D eigenvalue weighted by Crippen LogP contribution is -2.13. The van der Waals surface area contributed by atoms with Crippen LogP contribution in [0.2, 0.25) is 0 Å². The van der Waals surface area contributed by atoms with Crippen LogP contribution in [0, 0.1) is 12.8 Å². The molecule has 1 aromatic heterocycles. The summed E-state index contributed by atoms with van der Waals surface area (Å²) in [5, 5.41) is 7.77. The lowest BCUT2D eigenvalue weighted by Gasteiger charge is -2.11. The molecule has 0 aliphatic heterocycles. The molecule has 160 valence electrons. The number of aromatic nitrogens is 2. The van der Waals surface area contributed by atoms with E-state index >= 15 is 0 Å². The number of hydrogen-bond acceptors (Lipinski definition) is 4. The van der Waals surface area contributed by atoms with Crippen molar-refractivity contribution in [2.24, 2.45) is 5.92 Å². The van der Waals surface area contributed by atoms with Crippen molar-refractivity contribution in [3.63, 3.8) is 0 Å². The Morgan fingerprint density at radius 1 is 1.06 bits per heavy atom. The van der Waals surface area contributed by atoms with Crippen LogP contribution in [0.1, 0.15) is 50.8 Å². The minimum absolute atomic E-state index is 0.0726. The molecule has 0 saturated heterocycles. The number of aryl methyl sites for hydroxylation is 1. The van der Waals surface area contributed by atoms with Crippen LogP contribution in [0.15, 0.2) is 48.5 Å². The maximum atomic E-state index is 12.1. The maximum Gasteiger partial charge on any atom is 0.309 e. The summed E-state index contributed by atoms with van der Waals surface area (Å²) >= 11 is 0. The van der Waals surface area contributed by atoms with Gasteiger partial charge in [-0.05, 0) is 55.5 Å². The molecule has 0 atom stereocenters. The summed E-state index contributed by atoms with van der Waals surface area (Å²) in [5.41, 5.74) is 5.22. The summed E-state index contributed by atoms with van der Waals surface area (Å²) in [6.07, 6.45) is 1.93. The maximum absolute atomic E-state index is 12.1. The number of nitrogens with zero attached hydrogens (tertiary/aromatic N) is 2. The van der Waals surface area contributed by atoms with Crippen molar-refractivity contribution in [3.8, 4) is 22.7 Å².